The number of carboxylic acid groups (broad SMARTS) is 1. The zero-order valence-corrected chi connectivity index (χ0v) is 6.45. The smallest absolute Gasteiger partial charge is 0.317 e. The molecule has 1 atom stereocenters. The van der Waals surface area contributed by atoms with Gasteiger partial charge in [-0.05, 0) is 7.05 Å². The van der Waals surface area contributed by atoms with Crippen LogP contribution in [0.25, 0.3) is 0 Å². The average molecular weight is 156 g/mol. The first-order chi connectivity index (χ1) is 5.06. The van der Waals surface area contributed by atoms with Crippen molar-refractivity contribution in [2.45, 2.75) is 6.04 Å². The first-order valence-electron chi connectivity index (χ1n) is 3.18. The van der Waals surface area contributed by atoms with Crippen molar-refractivity contribution in [3.05, 3.63) is 0 Å². The van der Waals surface area contributed by atoms with Gasteiger partial charge in [0.25, 0.3) is 0 Å². The summed E-state index contributed by atoms with van der Waals surface area (Å²) in [7, 11) is 1.66. The van der Waals surface area contributed by atoms with Gasteiger partial charge in [0.1, 0.15) is 0 Å². The van der Waals surface area contributed by atoms with Crippen LogP contribution in [-0.2, 0) is 4.79 Å². The van der Waals surface area contributed by atoms with Gasteiger partial charge in [-0.2, -0.15) is 0 Å². The maximum atomic E-state index is 10.1. The summed E-state index contributed by atoms with van der Waals surface area (Å²) >= 11 is 0. The number of likely N-dealkylation sites (N-methyl/N-ethyl adjacent to an activating group) is 1. The number of aliphatic carboxylic acids is 1. The molecular formula is C7H12N2O2. The third-order valence-corrected chi connectivity index (χ3v) is 1.13. The van der Waals surface area contributed by atoms with E-state index in [1.807, 2.05) is 0 Å². The lowest BCUT2D eigenvalue weighted by Crippen LogP contribution is -2.36. The van der Waals surface area contributed by atoms with Crippen molar-refractivity contribution in [1.29, 1.82) is 0 Å². The predicted octanol–water partition coefficient (Wildman–Crippen LogP) is -1.04. The summed E-state index contributed by atoms with van der Waals surface area (Å²) in [5.74, 6) is 1.43. The SMILES string of the molecule is C#CC(N)CN(C)CC(=O)O. The number of carboxylic acids is 1. The Morgan fingerprint density at radius 3 is 2.82 bits per heavy atom. The number of nitrogens with two attached hydrogens (primary N) is 1. The van der Waals surface area contributed by atoms with Crippen molar-refractivity contribution in [2.75, 3.05) is 20.1 Å². The Balaban J connectivity index is 3.62. The van der Waals surface area contributed by atoms with Gasteiger partial charge in [0.05, 0.1) is 12.6 Å². The number of nitrogens with zero attached hydrogens (tertiary/aromatic N) is 1. The van der Waals surface area contributed by atoms with Crippen LogP contribution in [0.2, 0.25) is 0 Å². The van der Waals surface area contributed by atoms with Crippen molar-refractivity contribution in [3.63, 3.8) is 0 Å². The molecule has 0 aliphatic rings. The van der Waals surface area contributed by atoms with Gasteiger partial charge in [0.15, 0.2) is 0 Å². The Bertz CT molecular complexity index is 174. The fraction of sp³-hybridized carbons (Fsp3) is 0.571. The fourth-order valence-electron chi connectivity index (χ4n) is 0.684. The summed E-state index contributed by atoms with van der Waals surface area (Å²) in [6, 6.07) is -0.389. The van der Waals surface area contributed by atoms with Gasteiger partial charge in [-0.1, -0.05) is 5.92 Å². The number of terminal acetylenes is 1. The molecule has 4 nitrogen and oxygen atoms in total. The van der Waals surface area contributed by atoms with E-state index in [0.717, 1.165) is 0 Å². The van der Waals surface area contributed by atoms with E-state index in [9.17, 15) is 4.79 Å². The number of rotatable bonds is 4. The van der Waals surface area contributed by atoms with Crippen molar-refractivity contribution in [1.82, 2.24) is 4.90 Å². The summed E-state index contributed by atoms with van der Waals surface area (Å²) in [6.07, 6.45) is 5.00. The summed E-state index contributed by atoms with van der Waals surface area (Å²) < 4.78 is 0. The molecule has 0 bridgehead atoms. The average Bonchev–Trinajstić information content (AvgIpc) is 1.85. The van der Waals surface area contributed by atoms with Crippen LogP contribution in [0.1, 0.15) is 0 Å². The van der Waals surface area contributed by atoms with E-state index in [1.165, 1.54) is 0 Å². The lowest BCUT2D eigenvalue weighted by Gasteiger charge is -2.15. The first kappa shape index (κ1) is 9.95. The molecule has 1 unspecified atom stereocenters. The van der Waals surface area contributed by atoms with Gasteiger partial charge in [0.2, 0.25) is 0 Å². The first-order valence-corrected chi connectivity index (χ1v) is 3.18. The molecule has 0 aromatic rings. The summed E-state index contributed by atoms with van der Waals surface area (Å²) in [4.78, 5) is 11.7. The quantitative estimate of drug-likeness (QED) is 0.510. The number of carbonyl (C=O) groups is 1. The Labute approximate surface area is 66.0 Å². The Hall–Kier alpha value is -1.05. The summed E-state index contributed by atoms with van der Waals surface area (Å²) in [6.45, 7) is 0.373. The highest BCUT2D eigenvalue weighted by atomic mass is 16.4. The maximum Gasteiger partial charge on any atom is 0.317 e. The van der Waals surface area contributed by atoms with Gasteiger partial charge in [-0.3, -0.25) is 9.69 Å². The van der Waals surface area contributed by atoms with E-state index in [2.05, 4.69) is 5.92 Å². The molecule has 11 heavy (non-hydrogen) atoms. The molecule has 0 heterocycles. The number of hydrogen-bond acceptors (Lipinski definition) is 3. The van der Waals surface area contributed by atoms with Crippen LogP contribution in [0.3, 0.4) is 0 Å². The van der Waals surface area contributed by atoms with Gasteiger partial charge < -0.3 is 10.8 Å². The fourth-order valence-corrected chi connectivity index (χ4v) is 0.684. The molecule has 0 aromatic carbocycles. The number of hydrogen-bond donors (Lipinski definition) is 2. The highest BCUT2D eigenvalue weighted by molar-refractivity contribution is 5.69. The third-order valence-electron chi connectivity index (χ3n) is 1.13. The maximum absolute atomic E-state index is 10.1. The highest BCUT2D eigenvalue weighted by Gasteiger charge is 2.06. The largest absolute Gasteiger partial charge is 0.480 e. The Kier molecular flexibility index (Phi) is 4.27. The lowest BCUT2D eigenvalue weighted by molar-refractivity contribution is -0.137. The monoisotopic (exact) mass is 156 g/mol. The van der Waals surface area contributed by atoms with Crippen LogP contribution in [0.5, 0.6) is 0 Å². The Morgan fingerprint density at radius 1 is 1.91 bits per heavy atom. The van der Waals surface area contributed by atoms with Crippen LogP contribution in [0.15, 0.2) is 0 Å². The van der Waals surface area contributed by atoms with E-state index >= 15 is 0 Å². The molecule has 0 aliphatic carbocycles. The normalized spacial score (nSPS) is 12.5. The minimum atomic E-state index is -0.878. The zero-order chi connectivity index (χ0) is 8.85. The van der Waals surface area contributed by atoms with Crippen LogP contribution in [0.4, 0.5) is 0 Å². The van der Waals surface area contributed by atoms with Gasteiger partial charge in [-0.25, -0.2) is 0 Å². The molecule has 0 aromatic heterocycles. The molecule has 0 aliphatic heterocycles. The lowest BCUT2D eigenvalue weighted by atomic mass is 10.3. The summed E-state index contributed by atoms with van der Waals surface area (Å²) in [5.41, 5.74) is 5.38. The van der Waals surface area contributed by atoms with Gasteiger partial charge >= 0.3 is 5.97 Å². The van der Waals surface area contributed by atoms with E-state index < -0.39 is 5.97 Å². The van der Waals surface area contributed by atoms with Crippen LogP contribution < -0.4 is 5.73 Å². The molecule has 0 rings (SSSR count). The molecule has 4 heteroatoms. The second-order valence-corrected chi connectivity index (χ2v) is 2.36. The topological polar surface area (TPSA) is 66.6 Å². The molecule has 0 fully saturated rings. The molecule has 0 spiro atoms. The molecule has 3 N–H and O–H groups in total. The van der Waals surface area contributed by atoms with Crippen LogP contribution in [-0.4, -0.2) is 42.2 Å². The zero-order valence-electron chi connectivity index (χ0n) is 6.45. The predicted molar refractivity (Wildman–Crippen MR) is 41.9 cm³/mol. The van der Waals surface area contributed by atoms with Gasteiger partial charge in [-0.15, -0.1) is 6.42 Å². The standard InChI is InChI=1S/C7H12N2O2/c1-3-6(8)4-9(2)5-7(10)11/h1,6H,4-5,8H2,2H3,(H,10,11). The second kappa shape index (κ2) is 4.72. The summed E-state index contributed by atoms with van der Waals surface area (Å²) in [5, 5.41) is 8.34. The van der Waals surface area contributed by atoms with Crippen molar-refractivity contribution in [2.24, 2.45) is 5.73 Å². The Morgan fingerprint density at radius 2 is 2.45 bits per heavy atom. The molecular weight excluding hydrogens is 144 g/mol. The highest BCUT2D eigenvalue weighted by Crippen LogP contribution is 1.84. The molecule has 62 valence electrons. The van der Waals surface area contributed by atoms with E-state index in [0.29, 0.717) is 6.54 Å². The molecule has 0 amide bonds. The molecule has 0 radical (unpaired) electrons. The third kappa shape index (κ3) is 5.40. The second-order valence-electron chi connectivity index (χ2n) is 2.36. The van der Waals surface area contributed by atoms with E-state index in [1.54, 1.807) is 11.9 Å². The van der Waals surface area contributed by atoms with Gasteiger partial charge in [0, 0.05) is 6.54 Å². The minimum Gasteiger partial charge on any atom is -0.480 e. The molecule has 0 saturated heterocycles. The van der Waals surface area contributed by atoms with E-state index in [4.69, 9.17) is 17.3 Å². The van der Waals surface area contributed by atoms with Crippen molar-refractivity contribution in [3.8, 4) is 12.3 Å². The van der Waals surface area contributed by atoms with E-state index in [-0.39, 0.29) is 12.6 Å². The molecule has 0 saturated carbocycles. The van der Waals surface area contributed by atoms with Crippen LogP contribution >= 0.6 is 0 Å². The minimum absolute atomic E-state index is 0.0324. The van der Waals surface area contributed by atoms with Crippen LogP contribution in [0, 0.1) is 12.3 Å². The van der Waals surface area contributed by atoms with Crippen molar-refractivity contribution < 1.29 is 9.90 Å². The van der Waals surface area contributed by atoms with Crippen molar-refractivity contribution >= 4 is 5.97 Å².